The summed E-state index contributed by atoms with van der Waals surface area (Å²) in [5.41, 5.74) is 2.24. The van der Waals surface area contributed by atoms with Gasteiger partial charge in [-0.3, -0.25) is 4.79 Å². The number of pyridine rings is 1. The second-order valence-corrected chi connectivity index (χ2v) is 6.94. The summed E-state index contributed by atoms with van der Waals surface area (Å²) < 4.78 is 22.9. The largest absolute Gasteiger partial charge is 0.462 e. The molecule has 31 heavy (non-hydrogen) atoms. The van der Waals surface area contributed by atoms with E-state index in [0.29, 0.717) is 12.1 Å². The average molecular weight is 417 g/mol. The monoisotopic (exact) mass is 417 g/mol. The van der Waals surface area contributed by atoms with Crippen LogP contribution in [0.4, 0.5) is 4.39 Å². The normalized spacial score (nSPS) is 10.9. The quantitative estimate of drug-likeness (QED) is 0.441. The molecule has 0 spiro atoms. The molecule has 0 aliphatic heterocycles. The zero-order valence-electron chi connectivity index (χ0n) is 16.9. The van der Waals surface area contributed by atoms with Crippen molar-refractivity contribution < 1.29 is 13.9 Å². The van der Waals surface area contributed by atoms with Crippen LogP contribution in [0.2, 0.25) is 0 Å². The Kier molecular flexibility index (Phi) is 5.49. The fourth-order valence-corrected chi connectivity index (χ4v) is 3.41. The first-order valence-corrected chi connectivity index (χ1v) is 9.77. The minimum absolute atomic E-state index is 0.121. The topological polar surface area (TPSA) is 66.1 Å². The highest BCUT2D eigenvalue weighted by Gasteiger charge is 2.19. The zero-order chi connectivity index (χ0) is 22.0. The van der Waals surface area contributed by atoms with Gasteiger partial charge >= 0.3 is 5.97 Å². The van der Waals surface area contributed by atoms with Crippen LogP contribution in [0.3, 0.4) is 0 Å². The van der Waals surface area contributed by atoms with Crippen LogP contribution in [0.15, 0.2) is 72.4 Å². The molecular weight excluding hydrogens is 397 g/mol. The number of halogens is 1. The van der Waals surface area contributed by atoms with Crippen molar-refractivity contribution in [2.75, 3.05) is 6.61 Å². The number of nitrogens with zero attached hydrogens (tertiary/aromatic N) is 3. The van der Waals surface area contributed by atoms with Gasteiger partial charge in [-0.1, -0.05) is 30.9 Å². The number of carbonyl (C=O) groups is 1. The molecule has 4 aromatic rings. The highest BCUT2D eigenvalue weighted by atomic mass is 19.1. The van der Waals surface area contributed by atoms with Gasteiger partial charge in [0.05, 0.1) is 29.4 Å². The molecule has 0 radical (unpaired) electrons. The Morgan fingerprint density at radius 3 is 2.65 bits per heavy atom. The van der Waals surface area contributed by atoms with Crippen LogP contribution in [0.1, 0.15) is 28.4 Å². The summed E-state index contributed by atoms with van der Waals surface area (Å²) in [4.78, 5) is 25.0. The fourth-order valence-electron chi connectivity index (χ4n) is 3.41. The summed E-state index contributed by atoms with van der Waals surface area (Å²) in [6.45, 7) is 5.84. The number of benzene rings is 2. The van der Waals surface area contributed by atoms with E-state index in [0.717, 1.165) is 16.8 Å². The third kappa shape index (κ3) is 3.90. The molecule has 0 fully saturated rings. The average Bonchev–Trinajstić information content (AvgIpc) is 3.25. The van der Waals surface area contributed by atoms with E-state index in [1.54, 1.807) is 34.5 Å². The summed E-state index contributed by atoms with van der Waals surface area (Å²) >= 11 is 0. The second kappa shape index (κ2) is 8.39. The van der Waals surface area contributed by atoms with Gasteiger partial charge in [-0.2, -0.15) is 5.10 Å². The number of aromatic nitrogens is 3. The minimum atomic E-state index is -0.765. The van der Waals surface area contributed by atoms with E-state index >= 15 is 0 Å². The lowest BCUT2D eigenvalue weighted by Crippen LogP contribution is -2.22. The summed E-state index contributed by atoms with van der Waals surface area (Å²) in [5, 5.41) is 4.17. The minimum Gasteiger partial charge on any atom is -0.462 e. The summed E-state index contributed by atoms with van der Waals surface area (Å²) in [6, 6.07) is 12.0. The van der Waals surface area contributed by atoms with Gasteiger partial charge in [-0.25, -0.2) is 13.9 Å². The number of hydrogen-bond donors (Lipinski definition) is 0. The van der Waals surface area contributed by atoms with Crippen LogP contribution >= 0.6 is 0 Å². The lowest BCUT2D eigenvalue weighted by molar-refractivity contribution is 0.0524. The van der Waals surface area contributed by atoms with E-state index in [9.17, 15) is 14.0 Å². The first-order valence-electron chi connectivity index (χ1n) is 9.77. The van der Waals surface area contributed by atoms with Crippen molar-refractivity contribution in [3.63, 3.8) is 0 Å². The molecule has 0 unspecified atom stereocenters. The summed E-state index contributed by atoms with van der Waals surface area (Å²) in [6.07, 6.45) is 6.74. The van der Waals surface area contributed by atoms with Crippen LogP contribution in [-0.4, -0.2) is 26.9 Å². The highest BCUT2D eigenvalue weighted by molar-refractivity contribution is 5.94. The molecule has 2 aromatic heterocycles. The Morgan fingerprint density at radius 2 is 1.97 bits per heavy atom. The number of rotatable bonds is 6. The molecule has 0 amide bonds. The summed E-state index contributed by atoms with van der Waals surface area (Å²) in [5.74, 6) is -1.44. The predicted octanol–water partition coefficient (Wildman–Crippen LogP) is 4.19. The standard InChI is InChI=1S/C24H20FN3O3/c1-3-16-12-26-28(14-16)18-10-8-17(9-11-18)13-27-15-19(24(30)31-4-2)23(29)22-20(25)6-5-7-21(22)27/h3,5-12,14-15H,1,4,13H2,2H3. The van der Waals surface area contributed by atoms with Gasteiger partial charge in [-0.15, -0.1) is 0 Å². The molecule has 0 N–H and O–H groups in total. The van der Waals surface area contributed by atoms with Crippen molar-refractivity contribution >= 4 is 22.9 Å². The molecule has 0 aliphatic carbocycles. The molecule has 6 nitrogen and oxygen atoms in total. The van der Waals surface area contributed by atoms with Gasteiger partial charge in [0.1, 0.15) is 11.4 Å². The lowest BCUT2D eigenvalue weighted by Gasteiger charge is -2.14. The van der Waals surface area contributed by atoms with Crippen LogP contribution in [0, 0.1) is 5.82 Å². The molecule has 2 heterocycles. The number of hydrogen-bond acceptors (Lipinski definition) is 4. The van der Waals surface area contributed by atoms with Crippen molar-refractivity contribution in [3.8, 4) is 5.69 Å². The van der Waals surface area contributed by atoms with Crippen molar-refractivity contribution in [2.45, 2.75) is 13.5 Å². The molecular formula is C24H20FN3O3. The van der Waals surface area contributed by atoms with E-state index in [-0.39, 0.29) is 17.6 Å². The van der Waals surface area contributed by atoms with Gasteiger partial charge in [0.25, 0.3) is 0 Å². The number of carbonyl (C=O) groups excluding carboxylic acids is 1. The van der Waals surface area contributed by atoms with E-state index in [4.69, 9.17) is 4.74 Å². The Labute approximate surface area is 177 Å². The summed E-state index contributed by atoms with van der Waals surface area (Å²) in [7, 11) is 0. The SMILES string of the molecule is C=Cc1cnn(-c2ccc(Cn3cc(C(=O)OCC)c(=O)c4c(F)cccc43)cc2)c1. The molecule has 2 aromatic carbocycles. The molecule has 0 saturated carbocycles. The van der Waals surface area contributed by atoms with Gasteiger partial charge in [0, 0.05) is 24.5 Å². The van der Waals surface area contributed by atoms with Gasteiger partial charge in [-0.05, 0) is 36.8 Å². The van der Waals surface area contributed by atoms with Crippen molar-refractivity contribution in [1.29, 1.82) is 0 Å². The van der Waals surface area contributed by atoms with Crippen LogP contribution in [0.25, 0.3) is 22.7 Å². The maximum atomic E-state index is 14.5. The van der Waals surface area contributed by atoms with Gasteiger partial charge in [0.15, 0.2) is 0 Å². The van der Waals surface area contributed by atoms with E-state index in [1.807, 2.05) is 30.5 Å². The second-order valence-electron chi connectivity index (χ2n) is 6.94. The fraction of sp³-hybridized carbons (Fsp3) is 0.125. The Bertz CT molecular complexity index is 1340. The van der Waals surface area contributed by atoms with Crippen molar-refractivity contribution in [3.05, 3.63) is 100 Å². The lowest BCUT2D eigenvalue weighted by atomic mass is 10.1. The van der Waals surface area contributed by atoms with Crippen LogP contribution < -0.4 is 5.43 Å². The number of esters is 1. The molecule has 0 bridgehead atoms. The van der Waals surface area contributed by atoms with E-state index < -0.39 is 17.2 Å². The molecule has 0 saturated heterocycles. The van der Waals surface area contributed by atoms with E-state index in [1.165, 1.54) is 18.3 Å². The van der Waals surface area contributed by atoms with Gasteiger partial charge in [0.2, 0.25) is 5.43 Å². The third-order valence-corrected chi connectivity index (χ3v) is 4.95. The van der Waals surface area contributed by atoms with Crippen LogP contribution in [-0.2, 0) is 11.3 Å². The number of ether oxygens (including phenoxy) is 1. The van der Waals surface area contributed by atoms with Crippen molar-refractivity contribution in [2.24, 2.45) is 0 Å². The molecule has 156 valence electrons. The van der Waals surface area contributed by atoms with E-state index in [2.05, 4.69) is 11.7 Å². The molecule has 0 atom stereocenters. The third-order valence-electron chi connectivity index (χ3n) is 4.95. The zero-order valence-corrected chi connectivity index (χ0v) is 16.9. The first-order chi connectivity index (χ1) is 15.0. The molecule has 0 aliphatic rings. The predicted molar refractivity (Wildman–Crippen MR) is 117 cm³/mol. The number of fused-ring (bicyclic) bond motifs is 1. The Morgan fingerprint density at radius 1 is 1.19 bits per heavy atom. The molecule has 4 rings (SSSR count). The van der Waals surface area contributed by atoms with Crippen LogP contribution in [0.5, 0.6) is 0 Å². The molecule has 7 heteroatoms. The maximum absolute atomic E-state index is 14.5. The smallest absolute Gasteiger partial charge is 0.343 e. The van der Waals surface area contributed by atoms with Crippen molar-refractivity contribution in [1.82, 2.24) is 14.3 Å². The maximum Gasteiger partial charge on any atom is 0.343 e. The highest BCUT2D eigenvalue weighted by Crippen LogP contribution is 2.19. The first kappa shape index (κ1) is 20.3. The Balaban J connectivity index is 1.74. The Hall–Kier alpha value is -4.00. The van der Waals surface area contributed by atoms with Gasteiger partial charge < -0.3 is 9.30 Å².